The molecule has 0 spiro atoms. The van der Waals surface area contributed by atoms with E-state index in [1.165, 1.54) is 56.9 Å². The Bertz CT molecular complexity index is 807. The molecule has 0 radical (unpaired) electrons. The zero-order valence-electron chi connectivity index (χ0n) is 17.3. The van der Waals surface area contributed by atoms with Gasteiger partial charge in [0, 0.05) is 23.7 Å². The molecule has 154 valence electrons. The summed E-state index contributed by atoms with van der Waals surface area (Å²) in [5.41, 5.74) is 2.88. The van der Waals surface area contributed by atoms with Crippen molar-refractivity contribution in [3.05, 3.63) is 41.6 Å². The maximum atomic E-state index is 13.5. The van der Waals surface area contributed by atoms with Crippen LogP contribution in [0.4, 0.5) is 0 Å². The van der Waals surface area contributed by atoms with Gasteiger partial charge in [0.2, 0.25) is 0 Å². The van der Waals surface area contributed by atoms with Crippen molar-refractivity contribution in [1.29, 1.82) is 0 Å². The van der Waals surface area contributed by atoms with Crippen molar-refractivity contribution in [2.24, 2.45) is 0 Å². The van der Waals surface area contributed by atoms with Gasteiger partial charge in [-0.1, -0.05) is 67.9 Å². The predicted octanol–water partition coefficient (Wildman–Crippen LogP) is 6.33. The number of hydrogen-bond acceptors (Lipinski definition) is 3. The van der Waals surface area contributed by atoms with Crippen molar-refractivity contribution in [3.63, 3.8) is 0 Å². The van der Waals surface area contributed by atoms with E-state index in [1.54, 1.807) is 0 Å². The van der Waals surface area contributed by atoms with Crippen LogP contribution in [0, 0.1) is 0 Å². The summed E-state index contributed by atoms with van der Waals surface area (Å²) in [6.45, 7) is 0. The summed E-state index contributed by atoms with van der Waals surface area (Å²) in [5, 5.41) is 4.21. The highest BCUT2D eigenvalue weighted by Gasteiger charge is 2.34. The number of amides is 1. The first-order valence-corrected chi connectivity index (χ1v) is 11.7. The molecule has 0 aliphatic heterocycles. The van der Waals surface area contributed by atoms with Crippen LogP contribution >= 0.6 is 0 Å². The summed E-state index contributed by atoms with van der Waals surface area (Å²) in [6.07, 6.45) is 14.7. The van der Waals surface area contributed by atoms with E-state index in [9.17, 15) is 4.79 Å². The van der Waals surface area contributed by atoms with Crippen molar-refractivity contribution in [2.75, 3.05) is 0 Å². The van der Waals surface area contributed by atoms with Crippen LogP contribution in [0.1, 0.15) is 99.0 Å². The van der Waals surface area contributed by atoms with Gasteiger partial charge in [0.1, 0.15) is 0 Å². The van der Waals surface area contributed by atoms with Crippen LogP contribution in [0.15, 0.2) is 34.9 Å². The Morgan fingerprint density at radius 2 is 1.41 bits per heavy atom. The van der Waals surface area contributed by atoms with Crippen molar-refractivity contribution < 1.29 is 9.32 Å². The van der Waals surface area contributed by atoms with Gasteiger partial charge in [-0.3, -0.25) is 4.79 Å². The summed E-state index contributed by atoms with van der Waals surface area (Å²) in [5.74, 6) is 1.52. The number of nitrogens with zero attached hydrogens (tertiary/aromatic N) is 2. The number of benzene rings is 1. The first-order valence-electron chi connectivity index (χ1n) is 11.7. The maximum Gasteiger partial charge on any atom is 0.276 e. The van der Waals surface area contributed by atoms with Gasteiger partial charge in [-0.2, -0.15) is 0 Å². The molecule has 0 saturated heterocycles. The fourth-order valence-electron chi connectivity index (χ4n) is 5.33. The number of hydrogen-bond donors (Lipinski definition) is 0. The topological polar surface area (TPSA) is 46.3 Å². The lowest BCUT2D eigenvalue weighted by Crippen LogP contribution is -2.48. The SMILES string of the molecule is O=C(c1cc(-c2ccc(C3CC3)cc2)on1)N(C1CCCCC1)C1CCCCC1. The molecule has 3 saturated carbocycles. The number of rotatable bonds is 5. The fourth-order valence-corrected chi connectivity index (χ4v) is 5.33. The third kappa shape index (κ3) is 4.12. The fraction of sp³-hybridized carbons (Fsp3) is 0.600. The molecule has 2 aromatic rings. The third-order valence-electron chi connectivity index (χ3n) is 7.14. The van der Waals surface area contributed by atoms with Crippen LogP contribution in [-0.2, 0) is 0 Å². The molecular weight excluding hydrogens is 360 g/mol. The first kappa shape index (κ1) is 18.9. The lowest BCUT2D eigenvalue weighted by atomic mass is 9.88. The largest absolute Gasteiger partial charge is 0.355 e. The highest BCUT2D eigenvalue weighted by atomic mass is 16.5. The third-order valence-corrected chi connectivity index (χ3v) is 7.14. The van der Waals surface area contributed by atoms with Gasteiger partial charge in [0.15, 0.2) is 11.5 Å². The first-order chi connectivity index (χ1) is 14.3. The monoisotopic (exact) mass is 392 g/mol. The van der Waals surface area contributed by atoms with Crippen molar-refractivity contribution in [3.8, 4) is 11.3 Å². The smallest absolute Gasteiger partial charge is 0.276 e. The average Bonchev–Trinajstić information content (AvgIpc) is 3.52. The molecule has 5 rings (SSSR count). The van der Waals surface area contributed by atoms with Crippen LogP contribution in [0.2, 0.25) is 0 Å². The molecule has 3 aliphatic rings. The maximum absolute atomic E-state index is 13.5. The molecular formula is C25H32N2O2. The molecule has 1 aromatic heterocycles. The molecule has 0 unspecified atom stereocenters. The molecule has 4 nitrogen and oxygen atoms in total. The normalized spacial score (nSPS) is 21.2. The van der Waals surface area contributed by atoms with Crippen molar-refractivity contribution >= 4 is 5.91 Å². The average molecular weight is 393 g/mol. The number of carbonyl (C=O) groups is 1. The van der Waals surface area contributed by atoms with Gasteiger partial charge in [-0.25, -0.2) is 0 Å². The minimum absolute atomic E-state index is 0.0772. The van der Waals surface area contributed by atoms with Crippen LogP contribution < -0.4 is 0 Å². The van der Waals surface area contributed by atoms with Crippen LogP contribution in [0.5, 0.6) is 0 Å². The van der Waals surface area contributed by atoms with Crippen molar-refractivity contribution in [2.45, 2.75) is 95.1 Å². The Morgan fingerprint density at radius 1 is 0.828 bits per heavy atom. The Hall–Kier alpha value is -2.10. The highest BCUT2D eigenvalue weighted by molar-refractivity contribution is 5.93. The van der Waals surface area contributed by atoms with Crippen LogP contribution in [-0.4, -0.2) is 28.0 Å². The summed E-state index contributed by atoms with van der Waals surface area (Å²) in [6, 6.07) is 11.2. The Morgan fingerprint density at radius 3 is 1.97 bits per heavy atom. The summed E-state index contributed by atoms with van der Waals surface area (Å²) < 4.78 is 5.62. The van der Waals surface area contributed by atoms with E-state index in [2.05, 4.69) is 34.3 Å². The predicted molar refractivity (Wildman–Crippen MR) is 114 cm³/mol. The Labute approximate surface area is 173 Å². The van der Waals surface area contributed by atoms with Gasteiger partial charge in [-0.15, -0.1) is 0 Å². The van der Waals surface area contributed by atoms with Crippen LogP contribution in [0.3, 0.4) is 0 Å². The van der Waals surface area contributed by atoms with Crippen molar-refractivity contribution in [1.82, 2.24) is 10.1 Å². The summed E-state index contributed by atoms with van der Waals surface area (Å²) >= 11 is 0. The zero-order chi connectivity index (χ0) is 19.6. The van der Waals surface area contributed by atoms with E-state index in [1.807, 2.05) is 6.07 Å². The van der Waals surface area contributed by atoms with E-state index in [0.717, 1.165) is 37.2 Å². The Kier molecular flexibility index (Phi) is 5.43. The summed E-state index contributed by atoms with van der Waals surface area (Å²) in [4.78, 5) is 15.7. The van der Waals surface area contributed by atoms with Gasteiger partial charge >= 0.3 is 0 Å². The lowest BCUT2D eigenvalue weighted by molar-refractivity contribution is 0.0438. The molecule has 3 aliphatic carbocycles. The summed E-state index contributed by atoms with van der Waals surface area (Å²) in [7, 11) is 0. The second kappa shape index (κ2) is 8.33. The van der Waals surface area contributed by atoms with E-state index in [-0.39, 0.29) is 5.91 Å². The minimum Gasteiger partial charge on any atom is -0.355 e. The molecule has 0 N–H and O–H groups in total. The van der Waals surface area contributed by atoms with Crippen LogP contribution in [0.25, 0.3) is 11.3 Å². The molecule has 0 bridgehead atoms. The molecule has 4 heteroatoms. The zero-order valence-corrected chi connectivity index (χ0v) is 17.3. The molecule has 1 heterocycles. The van der Waals surface area contributed by atoms with E-state index in [4.69, 9.17) is 4.52 Å². The second-order valence-electron chi connectivity index (χ2n) is 9.27. The van der Waals surface area contributed by atoms with Gasteiger partial charge < -0.3 is 9.42 Å². The van der Waals surface area contributed by atoms with E-state index >= 15 is 0 Å². The standard InChI is InChI=1S/C25H32N2O2/c28-25(27(21-7-3-1-4-8-21)22-9-5-2-6-10-22)23-17-24(29-26-23)20-15-13-19(14-16-20)18-11-12-18/h13-18,21-22H,1-12H2. The molecule has 0 atom stereocenters. The van der Waals surface area contributed by atoms with Gasteiger partial charge in [-0.05, 0) is 50.0 Å². The lowest BCUT2D eigenvalue weighted by Gasteiger charge is -2.41. The molecule has 1 aromatic carbocycles. The quantitative estimate of drug-likeness (QED) is 0.597. The van der Waals surface area contributed by atoms with E-state index < -0.39 is 0 Å². The highest BCUT2D eigenvalue weighted by Crippen LogP contribution is 2.40. The van der Waals surface area contributed by atoms with Gasteiger partial charge in [0.05, 0.1) is 0 Å². The second-order valence-corrected chi connectivity index (χ2v) is 9.27. The minimum atomic E-state index is 0.0772. The molecule has 29 heavy (non-hydrogen) atoms. The number of carbonyl (C=O) groups excluding carboxylic acids is 1. The number of aromatic nitrogens is 1. The van der Waals surface area contributed by atoms with Gasteiger partial charge in [0.25, 0.3) is 5.91 Å². The molecule has 1 amide bonds. The van der Waals surface area contributed by atoms with E-state index in [0.29, 0.717) is 23.5 Å². The Balaban J connectivity index is 1.36. The molecule has 3 fully saturated rings.